The largest absolute Gasteiger partial charge is 0.394 e. The Morgan fingerprint density at radius 3 is 2.56 bits per heavy atom. The number of benzene rings is 1. The van der Waals surface area contributed by atoms with E-state index < -0.39 is 0 Å². The summed E-state index contributed by atoms with van der Waals surface area (Å²) in [6, 6.07) is 5.95. The lowest BCUT2D eigenvalue weighted by atomic mass is 10.1. The van der Waals surface area contributed by atoms with Crippen molar-refractivity contribution in [2.75, 3.05) is 11.9 Å². The minimum Gasteiger partial charge on any atom is -0.394 e. The van der Waals surface area contributed by atoms with Crippen LogP contribution in [0.15, 0.2) is 35.4 Å². The molecule has 0 fully saturated rings. The van der Waals surface area contributed by atoms with E-state index in [9.17, 15) is 14.3 Å². The van der Waals surface area contributed by atoms with E-state index in [4.69, 9.17) is 0 Å². The number of aromatic nitrogens is 4. The van der Waals surface area contributed by atoms with E-state index in [1.165, 1.54) is 16.7 Å². The number of imidazole rings is 1. The van der Waals surface area contributed by atoms with Crippen molar-refractivity contribution in [3.05, 3.63) is 52.3 Å². The number of hydrogen-bond donors (Lipinski definition) is 2. The third-order valence-corrected chi connectivity index (χ3v) is 4.62. The molecule has 0 spiro atoms. The third kappa shape index (κ3) is 3.85. The van der Waals surface area contributed by atoms with Crippen LogP contribution in [0.3, 0.4) is 0 Å². The molecule has 8 heteroatoms. The summed E-state index contributed by atoms with van der Waals surface area (Å²) in [7, 11) is 0. The highest BCUT2D eigenvalue weighted by Crippen LogP contribution is 2.15. The molecule has 0 saturated heterocycles. The molecule has 1 atom stereocenters. The maximum atomic E-state index is 13.1. The Balaban J connectivity index is 2.05. The molecule has 0 amide bonds. The van der Waals surface area contributed by atoms with Crippen molar-refractivity contribution >= 4 is 17.1 Å². The lowest BCUT2D eigenvalue weighted by molar-refractivity contribution is 0.248. The molecule has 3 aromatic rings. The van der Waals surface area contributed by atoms with E-state index in [-0.39, 0.29) is 35.5 Å². The fourth-order valence-electron chi connectivity index (χ4n) is 2.92. The van der Waals surface area contributed by atoms with E-state index >= 15 is 0 Å². The van der Waals surface area contributed by atoms with Gasteiger partial charge in [0.25, 0.3) is 5.56 Å². The predicted molar refractivity (Wildman–Crippen MR) is 102 cm³/mol. The molecule has 1 aromatic carbocycles. The molecule has 144 valence electrons. The third-order valence-electron chi connectivity index (χ3n) is 4.62. The van der Waals surface area contributed by atoms with Gasteiger partial charge >= 0.3 is 0 Å². The summed E-state index contributed by atoms with van der Waals surface area (Å²) in [5.41, 5.74) is 1.39. The first kappa shape index (κ1) is 19.0. The van der Waals surface area contributed by atoms with Crippen LogP contribution < -0.4 is 10.9 Å². The number of rotatable bonds is 7. The number of anilines is 1. The minimum atomic E-state index is -0.298. The van der Waals surface area contributed by atoms with Gasteiger partial charge < -0.3 is 15.0 Å². The van der Waals surface area contributed by atoms with Gasteiger partial charge in [0.1, 0.15) is 5.82 Å². The highest BCUT2D eigenvalue weighted by Gasteiger charge is 2.19. The average Bonchev–Trinajstić information content (AvgIpc) is 3.04. The van der Waals surface area contributed by atoms with E-state index in [1.807, 2.05) is 20.8 Å². The van der Waals surface area contributed by atoms with Crippen molar-refractivity contribution in [3.8, 4) is 0 Å². The molecule has 3 rings (SSSR count). The molecule has 2 N–H and O–H groups in total. The van der Waals surface area contributed by atoms with Gasteiger partial charge in [0.2, 0.25) is 5.95 Å². The monoisotopic (exact) mass is 373 g/mol. The molecule has 0 aliphatic carbocycles. The molecular formula is C19H24FN5O2. The number of nitrogens with zero attached hydrogens (tertiary/aromatic N) is 4. The van der Waals surface area contributed by atoms with Crippen molar-refractivity contribution in [2.24, 2.45) is 5.92 Å². The first-order valence-corrected chi connectivity index (χ1v) is 9.02. The van der Waals surface area contributed by atoms with Crippen molar-refractivity contribution in [2.45, 2.75) is 39.9 Å². The molecule has 0 aliphatic rings. The molecule has 2 heterocycles. The topological polar surface area (TPSA) is 85.0 Å². The molecule has 7 nitrogen and oxygen atoms in total. The fourth-order valence-corrected chi connectivity index (χ4v) is 2.92. The van der Waals surface area contributed by atoms with Gasteiger partial charge in [0.15, 0.2) is 11.2 Å². The number of aliphatic hydroxyl groups excluding tert-OH is 1. The molecule has 0 radical (unpaired) electrons. The molecule has 0 bridgehead atoms. The SMILES string of the molecule is CCn1c(N[C@@H](CO)C(C)C)nc2c(ncn2Cc2ccc(F)cc2)c1=O. The fraction of sp³-hybridized carbons (Fsp3) is 0.421. The second-order valence-corrected chi connectivity index (χ2v) is 6.83. The van der Waals surface area contributed by atoms with Gasteiger partial charge in [-0.2, -0.15) is 4.98 Å². The van der Waals surface area contributed by atoms with Crippen LogP contribution in [-0.2, 0) is 13.1 Å². The van der Waals surface area contributed by atoms with Crippen LogP contribution >= 0.6 is 0 Å². The van der Waals surface area contributed by atoms with Crippen LogP contribution in [0, 0.1) is 11.7 Å². The quantitative estimate of drug-likeness (QED) is 0.663. The van der Waals surface area contributed by atoms with Crippen LogP contribution in [0.4, 0.5) is 10.3 Å². The Labute approximate surface area is 156 Å². The van der Waals surface area contributed by atoms with Gasteiger partial charge in [0.05, 0.1) is 25.5 Å². The smallest absolute Gasteiger partial charge is 0.283 e. The highest BCUT2D eigenvalue weighted by molar-refractivity contribution is 5.71. The molecule has 0 aliphatic heterocycles. The molecule has 2 aromatic heterocycles. The predicted octanol–water partition coefficient (Wildman–Crippen LogP) is 2.23. The van der Waals surface area contributed by atoms with Gasteiger partial charge in [-0.15, -0.1) is 0 Å². The summed E-state index contributed by atoms with van der Waals surface area (Å²) in [5, 5.41) is 12.8. The van der Waals surface area contributed by atoms with Crippen LogP contribution in [0.1, 0.15) is 26.3 Å². The van der Waals surface area contributed by atoms with Crippen molar-refractivity contribution in [1.29, 1.82) is 0 Å². The summed E-state index contributed by atoms with van der Waals surface area (Å²) in [6.45, 7) is 6.62. The number of aliphatic hydroxyl groups is 1. The molecular weight excluding hydrogens is 349 g/mol. The lowest BCUT2D eigenvalue weighted by Gasteiger charge is -2.22. The van der Waals surface area contributed by atoms with E-state index in [2.05, 4.69) is 15.3 Å². The summed E-state index contributed by atoms with van der Waals surface area (Å²) in [4.78, 5) is 21.7. The van der Waals surface area contributed by atoms with Crippen molar-refractivity contribution in [3.63, 3.8) is 0 Å². The van der Waals surface area contributed by atoms with Gasteiger partial charge in [-0.25, -0.2) is 9.37 Å². The standard InChI is InChI=1S/C19H24FN5O2/c1-4-25-18(27)16-17(23-19(25)22-15(10-26)12(2)3)24(11-21-16)9-13-5-7-14(20)8-6-13/h5-8,11-12,15,26H,4,9-10H2,1-3H3,(H,22,23)/t15-/m0/s1. The van der Waals surface area contributed by atoms with Gasteiger partial charge in [0, 0.05) is 6.54 Å². The second-order valence-electron chi connectivity index (χ2n) is 6.83. The lowest BCUT2D eigenvalue weighted by Crippen LogP contribution is -2.34. The van der Waals surface area contributed by atoms with Crippen LogP contribution in [0.2, 0.25) is 0 Å². The Kier molecular flexibility index (Phi) is 5.55. The number of hydrogen-bond acceptors (Lipinski definition) is 5. The average molecular weight is 373 g/mol. The number of nitrogens with one attached hydrogen (secondary N) is 1. The Bertz CT molecular complexity index is 978. The number of fused-ring (bicyclic) bond motifs is 1. The maximum absolute atomic E-state index is 13.1. The summed E-state index contributed by atoms with van der Waals surface area (Å²) < 4.78 is 16.4. The summed E-state index contributed by atoms with van der Waals surface area (Å²) in [5.74, 6) is 0.272. The summed E-state index contributed by atoms with van der Waals surface area (Å²) >= 11 is 0. The van der Waals surface area contributed by atoms with Crippen LogP contribution in [0.5, 0.6) is 0 Å². The van der Waals surface area contributed by atoms with Crippen molar-refractivity contribution in [1.82, 2.24) is 19.1 Å². The zero-order chi connectivity index (χ0) is 19.6. The van der Waals surface area contributed by atoms with E-state index in [1.54, 1.807) is 23.0 Å². The second kappa shape index (κ2) is 7.87. The number of halogens is 1. The normalized spacial score (nSPS) is 12.7. The maximum Gasteiger partial charge on any atom is 0.283 e. The Morgan fingerprint density at radius 2 is 1.96 bits per heavy atom. The molecule has 0 unspecified atom stereocenters. The zero-order valence-corrected chi connectivity index (χ0v) is 15.7. The van der Waals surface area contributed by atoms with E-state index in [0.717, 1.165) is 5.56 Å². The summed E-state index contributed by atoms with van der Waals surface area (Å²) in [6.07, 6.45) is 1.57. The molecule has 27 heavy (non-hydrogen) atoms. The van der Waals surface area contributed by atoms with Gasteiger partial charge in [-0.1, -0.05) is 26.0 Å². The first-order valence-electron chi connectivity index (χ1n) is 9.02. The zero-order valence-electron chi connectivity index (χ0n) is 15.7. The minimum absolute atomic E-state index is 0.0653. The van der Waals surface area contributed by atoms with Gasteiger partial charge in [-0.3, -0.25) is 9.36 Å². The van der Waals surface area contributed by atoms with Gasteiger partial charge in [-0.05, 0) is 30.5 Å². The van der Waals surface area contributed by atoms with Crippen LogP contribution in [-0.4, -0.2) is 36.9 Å². The molecule has 0 saturated carbocycles. The highest BCUT2D eigenvalue weighted by atomic mass is 19.1. The Hall–Kier alpha value is -2.74. The van der Waals surface area contributed by atoms with Crippen molar-refractivity contribution < 1.29 is 9.50 Å². The van der Waals surface area contributed by atoms with Crippen LogP contribution in [0.25, 0.3) is 11.2 Å². The van der Waals surface area contributed by atoms with E-state index in [0.29, 0.717) is 24.7 Å². The first-order chi connectivity index (χ1) is 12.9. The Morgan fingerprint density at radius 1 is 1.26 bits per heavy atom.